The van der Waals surface area contributed by atoms with Gasteiger partial charge in [0.1, 0.15) is 6.61 Å². The molecule has 4 heteroatoms. The van der Waals surface area contributed by atoms with Crippen molar-refractivity contribution < 1.29 is 9.53 Å². The van der Waals surface area contributed by atoms with E-state index in [1.807, 2.05) is 20.8 Å². The van der Waals surface area contributed by atoms with Crippen LogP contribution in [0.5, 0.6) is 0 Å². The van der Waals surface area contributed by atoms with Gasteiger partial charge in [-0.05, 0) is 20.8 Å². The first-order chi connectivity index (χ1) is 6.50. The highest BCUT2D eigenvalue weighted by Gasteiger charge is 2.06. The maximum atomic E-state index is 10.6. The molecule has 0 atom stereocenters. The molecule has 0 unspecified atom stereocenters. The van der Waals surface area contributed by atoms with Crippen LogP contribution >= 0.6 is 0 Å². The molecule has 1 rings (SSSR count). The highest BCUT2D eigenvalue weighted by Crippen LogP contribution is 2.07. The van der Waals surface area contributed by atoms with Crippen LogP contribution in [-0.4, -0.2) is 15.9 Å². The molecule has 0 N–H and O–H groups in total. The van der Waals surface area contributed by atoms with Crippen molar-refractivity contribution in [1.29, 1.82) is 0 Å². The van der Waals surface area contributed by atoms with Gasteiger partial charge in [0, 0.05) is 6.92 Å². The summed E-state index contributed by atoms with van der Waals surface area (Å²) in [6, 6.07) is 0. The van der Waals surface area contributed by atoms with Crippen molar-refractivity contribution in [2.24, 2.45) is 0 Å². The van der Waals surface area contributed by atoms with Crippen LogP contribution in [0.15, 0.2) is 0 Å². The fourth-order valence-electron chi connectivity index (χ4n) is 1.07. The first-order valence-corrected chi connectivity index (χ1v) is 4.44. The van der Waals surface area contributed by atoms with Crippen molar-refractivity contribution >= 4 is 5.97 Å². The lowest BCUT2D eigenvalue weighted by Gasteiger charge is -2.07. The largest absolute Gasteiger partial charge is 0.459 e. The van der Waals surface area contributed by atoms with Crippen LogP contribution < -0.4 is 0 Å². The third-order valence-electron chi connectivity index (χ3n) is 1.99. The number of hydrogen-bond acceptors (Lipinski definition) is 4. The first kappa shape index (κ1) is 10.6. The molecule has 0 fully saturated rings. The minimum atomic E-state index is -0.301. The van der Waals surface area contributed by atoms with Crippen molar-refractivity contribution in [3.05, 3.63) is 22.8 Å². The average Bonchev–Trinajstić information content (AvgIpc) is 2.09. The summed E-state index contributed by atoms with van der Waals surface area (Å²) < 4.78 is 4.86. The van der Waals surface area contributed by atoms with Crippen LogP contribution in [0.25, 0.3) is 0 Å². The number of hydrogen-bond donors (Lipinski definition) is 0. The molecule has 1 heterocycles. The van der Waals surface area contributed by atoms with Gasteiger partial charge in [-0.15, -0.1) is 0 Å². The average molecular weight is 194 g/mol. The number of aromatic nitrogens is 2. The van der Waals surface area contributed by atoms with Crippen molar-refractivity contribution in [1.82, 2.24) is 9.97 Å². The molecule has 14 heavy (non-hydrogen) atoms. The molecule has 0 amide bonds. The predicted molar refractivity (Wildman–Crippen MR) is 51.7 cm³/mol. The van der Waals surface area contributed by atoms with E-state index >= 15 is 0 Å². The van der Waals surface area contributed by atoms with Gasteiger partial charge >= 0.3 is 5.97 Å². The maximum Gasteiger partial charge on any atom is 0.303 e. The van der Waals surface area contributed by atoms with Crippen LogP contribution in [0.1, 0.15) is 29.7 Å². The van der Waals surface area contributed by atoms with Crippen LogP contribution in [0.4, 0.5) is 0 Å². The normalized spacial score (nSPS) is 10.0. The van der Waals surface area contributed by atoms with Crippen LogP contribution in [0.3, 0.4) is 0 Å². The van der Waals surface area contributed by atoms with Gasteiger partial charge in [-0.25, -0.2) is 0 Å². The minimum absolute atomic E-state index is 0.204. The molecule has 76 valence electrons. The Hall–Kier alpha value is -1.45. The molecule has 0 radical (unpaired) electrons. The van der Waals surface area contributed by atoms with Crippen LogP contribution in [0, 0.1) is 20.8 Å². The second-order valence-electron chi connectivity index (χ2n) is 3.21. The summed E-state index contributed by atoms with van der Waals surface area (Å²) in [5, 5.41) is 0. The lowest BCUT2D eigenvalue weighted by Crippen LogP contribution is -2.06. The molecule has 0 aliphatic heterocycles. The first-order valence-electron chi connectivity index (χ1n) is 4.44. The van der Waals surface area contributed by atoms with E-state index in [0.29, 0.717) is 0 Å². The highest BCUT2D eigenvalue weighted by atomic mass is 16.5. The summed E-state index contributed by atoms with van der Waals surface area (Å²) in [4.78, 5) is 19.2. The van der Waals surface area contributed by atoms with E-state index in [4.69, 9.17) is 4.74 Å². The number of ether oxygens (including phenoxy) is 1. The molecule has 0 saturated heterocycles. The van der Waals surface area contributed by atoms with Gasteiger partial charge in [-0.1, -0.05) is 0 Å². The third-order valence-corrected chi connectivity index (χ3v) is 1.99. The monoisotopic (exact) mass is 194 g/mol. The van der Waals surface area contributed by atoms with E-state index in [2.05, 4.69) is 9.97 Å². The zero-order valence-electron chi connectivity index (χ0n) is 8.92. The smallest absolute Gasteiger partial charge is 0.303 e. The van der Waals surface area contributed by atoms with Gasteiger partial charge in [-0.3, -0.25) is 14.8 Å². The zero-order valence-corrected chi connectivity index (χ0v) is 8.92. The Morgan fingerprint density at radius 3 is 2.29 bits per heavy atom. The second-order valence-corrected chi connectivity index (χ2v) is 3.21. The number of carbonyl (C=O) groups is 1. The molecule has 4 nitrogen and oxygen atoms in total. The molecule has 1 aromatic heterocycles. The second kappa shape index (κ2) is 4.17. The maximum absolute atomic E-state index is 10.6. The Balaban J connectivity index is 2.87. The molecule has 0 aliphatic carbocycles. The summed E-state index contributed by atoms with van der Waals surface area (Å²) in [5.74, 6) is -0.301. The van der Waals surface area contributed by atoms with Crippen molar-refractivity contribution in [2.75, 3.05) is 0 Å². The van der Waals surface area contributed by atoms with Gasteiger partial charge in [0.2, 0.25) is 0 Å². The van der Waals surface area contributed by atoms with Crippen molar-refractivity contribution in [2.45, 2.75) is 34.3 Å². The molecular weight excluding hydrogens is 180 g/mol. The van der Waals surface area contributed by atoms with E-state index in [1.54, 1.807) is 0 Å². The number of nitrogens with zero attached hydrogens (tertiary/aromatic N) is 2. The molecule has 0 aromatic carbocycles. The highest BCUT2D eigenvalue weighted by molar-refractivity contribution is 5.65. The van der Waals surface area contributed by atoms with E-state index in [-0.39, 0.29) is 12.6 Å². The summed E-state index contributed by atoms with van der Waals surface area (Å²) in [5.41, 5.74) is 3.32. The third kappa shape index (κ3) is 2.52. The molecule has 0 saturated carbocycles. The SMILES string of the molecule is CC(=O)OCc1nc(C)c(C)nc1C. The van der Waals surface area contributed by atoms with Gasteiger partial charge in [0.15, 0.2) is 0 Å². The number of esters is 1. The quantitative estimate of drug-likeness (QED) is 0.669. The topological polar surface area (TPSA) is 52.1 Å². The van der Waals surface area contributed by atoms with E-state index < -0.39 is 0 Å². The molecule has 0 bridgehead atoms. The lowest BCUT2D eigenvalue weighted by atomic mass is 10.3. The minimum Gasteiger partial charge on any atom is -0.459 e. The van der Waals surface area contributed by atoms with Gasteiger partial charge < -0.3 is 4.74 Å². The van der Waals surface area contributed by atoms with Crippen molar-refractivity contribution in [3.63, 3.8) is 0 Å². The summed E-state index contributed by atoms with van der Waals surface area (Å²) in [7, 11) is 0. The standard InChI is InChI=1S/C10H14N2O2/c1-6-7(2)12-10(8(3)11-6)5-14-9(4)13/h5H2,1-4H3. The van der Waals surface area contributed by atoms with Crippen LogP contribution in [0.2, 0.25) is 0 Å². The Labute approximate surface area is 83.3 Å². The Kier molecular flexibility index (Phi) is 3.17. The fraction of sp³-hybridized carbons (Fsp3) is 0.500. The summed E-state index contributed by atoms with van der Waals surface area (Å²) in [6.07, 6.45) is 0. The Morgan fingerprint density at radius 2 is 1.71 bits per heavy atom. The van der Waals surface area contributed by atoms with Gasteiger partial charge in [-0.2, -0.15) is 0 Å². The summed E-state index contributed by atoms with van der Waals surface area (Å²) >= 11 is 0. The Morgan fingerprint density at radius 1 is 1.14 bits per heavy atom. The van der Waals surface area contributed by atoms with E-state index in [9.17, 15) is 4.79 Å². The number of rotatable bonds is 2. The fourth-order valence-corrected chi connectivity index (χ4v) is 1.07. The predicted octanol–water partition coefficient (Wildman–Crippen LogP) is 1.46. The van der Waals surface area contributed by atoms with Gasteiger partial charge in [0.25, 0.3) is 0 Å². The Bertz CT molecular complexity index is 361. The number of carbonyl (C=O) groups excluding carboxylic acids is 1. The lowest BCUT2D eigenvalue weighted by molar-refractivity contribution is -0.142. The van der Waals surface area contributed by atoms with Crippen LogP contribution in [-0.2, 0) is 16.1 Å². The van der Waals surface area contributed by atoms with Gasteiger partial charge in [0.05, 0.1) is 22.8 Å². The zero-order chi connectivity index (χ0) is 10.7. The number of aryl methyl sites for hydroxylation is 3. The molecule has 0 spiro atoms. The molecule has 1 aromatic rings. The van der Waals surface area contributed by atoms with E-state index in [1.165, 1.54) is 6.92 Å². The molecular formula is C10H14N2O2. The van der Waals surface area contributed by atoms with Crippen molar-refractivity contribution in [3.8, 4) is 0 Å². The summed E-state index contributed by atoms with van der Waals surface area (Å²) in [6.45, 7) is 7.24. The van der Waals surface area contributed by atoms with E-state index in [0.717, 1.165) is 22.8 Å². The molecule has 0 aliphatic rings.